The standard InChI is InChI=1S/C22H24N6O2/c1-14-6-8-15(9-7-14)18-17(12-16(24-2)22(30)27(3)4)28(10-5-11-29)21-19(18)20(23)25-13-26-21/h6-9,12-13,29H,5,10-11H2,1,3-4H3,(H2,23,25,26)/b16-12-. The highest BCUT2D eigenvalue weighted by Gasteiger charge is 2.23. The van der Waals surface area contributed by atoms with E-state index in [-0.39, 0.29) is 12.3 Å². The van der Waals surface area contributed by atoms with Gasteiger partial charge in [-0.05, 0) is 25.0 Å². The Bertz CT molecular complexity index is 1150. The molecule has 30 heavy (non-hydrogen) atoms. The van der Waals surface area contributed by atoms with Gasteiger partial charge in [0.25, 0.3) is 11.6 Å². The Morgan fingerprint density at radius 3 is 2.60 bits per heavy atom. The summed E-state index contributed by atoms with van der Waals surface area (Å²) in [6, 6.07) is 7.91. The Balaban J connectivity index is 2.42. The number of carbonyl (C=O) groups excluding carboxylic acids is 1. The summed E-state index contributed by atoms with van der Waals surface area (Å²) in [5.74, 6) is -0.0749. The van der Waals surface area contributed by atoms with Gasteiger partial charge in [-0.1, -0.05) is 29.8 Å². The third-order valence-electron chi connectivity index (χ3n) is 4.81. The number of nitrogen functional groups attached to an aromatic ring is 1. The molecule has 3 N–H and O–H groups in total. The predicted octanol–water partition coefficient (Wildman–Crippen LogP) is 2.72. The summed E-state index contributed by atoms with van der Waals surface area (Å²) < 4.78 is 1.88. The highest BCUT2D eigenvalue weighted by atomic mass is 16.3. The maximum Gasteiger partial charge on any atom is 0.252 e. The Labute approximate surface area is 175 Å². The minimum Gasteiger partial charge on any atom is -0.396 e. The van der Waals surface area contributed by atoms with E-state index in [2.05, 4.69) is 14.8 Å². The number of aromatic nitrogens is 3. The van der Waals surface area contributed by atoms with Gasteiger partial charge in [0.1, 0.15) is 17.8 Å². The van der Waals surface area contributed by atoms with Gasteiger partial charge in [-0.15, -0.1) is 0 Å². The van der Waals surface area contributed by atoms with Crippen molar-refractivity contribution in [2.75, 3.05) is 26.4 Å². The van der Waals surface area contributed by atoms with E-state index >= 15 is 0 Å². The van der Waals surface area contributed by atoms with Crippen molar-refractivity contribution in [3.8, 4) is 11.1 Å². The lowest BCUT2D eigenvalue weighted by Crippen LogP contribution is -2.22. The van der Waals surface area contributed by atoms with Crippen LogP contribution in [0.3, 0.4) is 0 Å². The summed E-state index contributed by atoms with van der Waals surface area (Å²) in [7, 11) is 3.21. The molecule has 0 aliphatic carbocycles. The maximum atomic E-state index is 12.5. The molecule has 8 heteroatoms. The molecule has 0 aliphatic heterocycles. The highest BCUT2D eigenvalue weighted by molar-refractivity contribution is 6.07. The third-order valence-corrected chi connectivity index (χ3v) is 4.81. The fourth-order valence-electron chi connectivity index (χ4n) is 3.33. The lowest BCUT2D eigenvalue weighted by atomic mass is 10.0. The van der Waals surface area contributed by atoms with Crippen LogP contribution in [0.1, 0.15) is 17.7 Å². The van der Waals surface area contributed by atoms with Crippen LogP contribution in [0, 0.1) is 13.5 Å². The molecule has 2 heterocycles. The zero-order chi connectivity index (χ0) is 21.8. The lowest BCUT2D eigenvalue weighted by molar-refractivity contribution is -0.124. The molecular formula is C22H24N6O2. The van der Waals surface area contributed by atoms with E-state index in [1.165, 1.54) is 11.2 Å². The quantitative estimate of drug-likeness (QED) is 0.486. The number of hydrogen-bond acceptors (Lipinski definition) is 5. The minimum absolute atomic E-state index is 0.00440. The Kier molecular flexibility index (Phi) is 6.14. The topological polar surface area (TPSA) is 102 Å². The number of rotatable bonds is 6. The Hall–Kier alpha value is -3.70. The van der Waals surface area contributed by atoms with Crippen LogP contribution < -0.4 is 5.73 Å². The smallest absolute Gasteiger partial charge is 0.252 e. The van der Waals surface area contributed by atoms with E-state index in [1.54, 1.807) is 20.2 Å². The van der Waals surface area contributed by atoms with E-state index in [4.69, 9.17) is 12.3 Å². The average molecular weight is 404 g/mol. The van der Waals surface area contributed by atoms with E-state index in [9.17, 15) is 9.90 Å². The molecule has 8 nitrogen and oxygen atoms in total. The maximum absolute atomic E-state index is 12.5. The van der Waals surface area contributed by atoms with Gasteiger partial charge in [-0.3, -0.25) is 4.79 Å². The van der Waals surface area contributed by atoms with Gasteiger partial charge in [0, 0.05) is 38.5 Å². The molecule has 2 aromatic heterocycles. The van der Waals surface area contributed by atoms with E-state index in [1.807, 2.05) is 35.8 Å². The number of aliphatic hydroxyl groups is 1. The molecule has 0 saturated carbocycles. The first kappa shape index (κ1) is 21.0. The van der Waals surface area contributed by atoms with Crippen molar-refractivity contribution in [3.05, 3.63) is 59.0 Å². The van der Waals surface area contributed by atoms with Crippen LogP contribution in [0.25, 0.3) is 33.1 Å². The predicted molar refractivity (Wildman–Crippen MR) is 117 cm³/mol. The Morgan fingerprint density at radius 2 is 2.00 bits per heavy atom. The van der Waals surface area contributed by atoms with Crippen LogP contribution in [0.4, 0.5) is 5.82 Å². The summed E-state index contributed by atoms with van der Waals surface area (Å²) in [6.45, 7) is 9.97. The second-order valence-corrected chi connectivity index (χ2v) is 7.15. The van der Waals surface area contributed by atoms with Crippen molar-refractivity contribution in [3.63, 3.8) is 0 Å². The molecule has 1 amide bonds. The first-order valence-corrected chi connectivity index (χ1v) is 9.50. The molecule has 0 radical (unpaired) electrons. The number of hydrogen-bond donors (Lipinski definition) is 2. The summed E-state index contributed by atoms with van der Waals surface area (Å²) >= 11 is 0. The number of fused-ring (bicyclic) bond motifs is 1. The minimum atomic E-state index is -0.391. The van der Waals surface area contributed by atoms with E-state index in [0.29, 0.717) is 35.5 Å². The third kappa shape index (κ3) is 3.88. The summed E-state index contributed by atoms with van der Waals surface area (Å²) in [5, 5.41) is 10.1. The molecule has 0 aliphatic rings. The number of likely N-dealkylation sites (N-methyl/N-ethyl adjacent to an activating group) is 1. The number of anilines is 1. The monoisotopic (exact) mass is 404 g/mol. The second kappa shape index (κ2) is 8.76. The van der Waals surface area contributed by atoms with Crippen molar-refractivity contribution in [1.82, 2.24) is 19.4 Å². The van der Waals surface area contributed by atoms with Crippen LogP contribution in [0.15, 0.2) is 36.3 Å². The number of aliphatic hydroxyl groups excluding tert-OH is 1. The molecule has 0 bridgehead atoms. The fraction of sp³-hybridized carbons (Fsp3) is 0.273. The van der Waals surface area contributed by atoms with Crippen LogP contribution in [-0.2, 0) is 11.3 Å². The molecule has 0 fully saturated rings. The zero-order valence-electron chi connectivity index (χ0n) is 17.3. The van der Waals surface area contributed by atoms with Gasteiger partial charge in [0.05, 0.1) is 12.0 Å². The first-order valence-electron chi connectivity index (χ1n) is 9.50. The molecule has 154 valence electrons. The molecule has 0 atom stereocenters. The summed E-state index contributed by atoms with van der Waals surface area (Å²) in [6.07, 6.45) is 3.44. The largest absolute Gasteiger partial charge is 0.396 e. The van der Waals surface area contributed by atoms with Crippen molar-refractivity contribution in [1.29, 1.82) is 0 Å². The van der Waals surface area contributed by atoms with E-state index < -0.39 is 5.91 Å². The number of nitrogens with two attached hydrogens (primary N) is 1. The molecule has 1 aromatic carbocycles. The van der Waals surface area contributed by atoms with Gasteiger partial charge in [0.15, 0.2) is 0 Å². The molecule has 0 unspecified atom stereocenters. The van der Waals surface area contributed by atoms with Gasteiger partial charge >= 0.3 is 0 Å². The van der Waals surface area contributed by atoms with Crippen LogP contribution in [-0.4, -0.2) is 51.2 Å². The lowest BCUT2D eigenvalue weighted by Gasteiger charge is -2.12. The number of nitrogens with zero attached hydrogens (tertiary/aromatic N) is 5. The molecule has 0 saturated heterocycles. The summed E-state index contributed by atoms with van der Waals surface area (Å²) in [4.78, 5) is 25.9. The van der Waals surface area contributed by atoms with Gasteiger partial charge in [-0.2, -0.15) is 0 Å². The number of benzene rings is 1. The van der Waals surface area contributed by atoms with Crippen molar-refractivity contribution >= 4 is 28.8 Å². The SMILES string of the molecule is [C-]#[N+]/C(=C\c1c(-c2ccc(C)cc2)c2c(N)ncnc2n1CCCO)C(=O)N(C)C. The molecule has 0 spiro atoms. The molecular weight excluding hydrogens is 380 g/mol. The molecule has 3 rings (SSSR count). The van der Waals surface area contributed by atoms with Gasteiger partial charge < -0.3 is 20.3 Å². The Morgan fingerprint density at radius 1 is 1.30 bits per heavy atom. The number of aryl methyl sites for hydroxylation is 2. The average Bonchev–Trinajstić information content (AvgIpc) is 3.04. The first-order chi connectivity index (χ1) is 14.4. The fourth-order valence-corrected chi connectivity index (χ4v) is 3.33. The van der Waals surface area contributed by atoms with E-state index in [0.717, 1.165) is 16.7 Å². The summed E-state index contributed by atoms with van der Waals surface area (Å²) in [5.41, 5.74) is 10.2. The van der Waals surface area contributed by atoms with Gasteiger partial charge in [0.2, 0.25) is 0 Å². The zero-order valence-corrected chi connectivity index (χ0v) is 17.3. The van der Waals surface area contributed by atoms with Crippen molar-refractivity contribution in [2.45, 2.75) is 19.9 Å². The van der Waals surface area contributed by atoms with Crippen LogP contribution in [0.2, 0.25) is 0 Å². The second-order valence-electron chi connectivity index (χ2n) is 7.15. The normalized spacial score (nSPS) is 11.5. The van der Waals surface area contributed by atoms with Crippen LogP contribution in [0.5, 0.6) is 0 Å². The van der Waals surface area contributed by atoms with Crippen molar-refractivity contribution in [2.24, 2.45) is 0 Å². The van der Waals surface area contributed by atoms with Crippen molar-refractivity contribution < 1.29 is 9.90 Å². The van der Waals surface area contributed by atoms with Crippen LogP contribution >= 0.6 is 0 Å². The highest BCUT2D eigenvalue weighted by Crippen LogP contribution is 2.38. The number of carbonyl (C=O) groups is 1. The van der Waals surface area contributed by atoms with Gasteiger partial charge in [-0.25, -0.2) is 14.8 Å². The number of amides is 1. The molecule has 3 aromatic rings.